The molecule has 5 nitrogen and oxygen atoms in total. The van der Waals surface area contributed by atoms with Gasteiger partial charge in [-0.15, -0.1) is 0 Å². The molecule has 0 saturated carbocycles. The Bertz CT molecular complexity index is 1660. The van der Waals surface area contributed by atoms with E-state index in [0.717, 1.165) is 51.6 Å². The Kier molecular flexibility index (Phi) is 5.90. The highest BCUT2D eigenvalue weighted by molar-refractivity contribution is 5.97. The maximum atomic E-state index is 13.4. The minimum Gasteiger partial charge on any atom is -0.456 e. The number of ether oxygens (including phenoxy) is 2. The number of nitrogens with one attached hydrogen (secondary N) is 1. The van der Waals surface area contributed by atoms with Crippen LogP contribution in [-0.4, -0.2) is 18.6 Å². The summed E-state index contributed by atoms with van der Waals surface area (Å²) in [5, 5.41) is 3.55. The molecule has 4 aromatic carbocycles. The summed E-state index contributed by atoms with van der Waals surface area (Å²) in [6.07, 6.45) is 0. The molecule has 0 bridgehead atoms. The van der Waals surface area contributed by atoms with Crippen LogP contribution in [0.2, 0.25) is 0 Å². The number of rotatable bonds is 4. The van der Waals surface area contributed by atoms with E-state index in [1.54, 1.807) is 0 Å². The second kappa shape index (κ2) is 9.41. The fraction of sp³-hybridized carbons (Fsp3) is 0.306. The van der Waals surface area contributed by atoms with Crippen LogP contribution in [-0.2, 0) is 10.3 Å². The molecule has 1 spiro atoms. The van der Waals surface area contributed by atoms with Crippen molar-refractivity contribution >= 4 is 23.0 Å². The lowest BCUT2D eigenvalue weighted by molar-refractivity contribution is 0.0224. The van der Waals surface area contributed by atoms with Crippen LogP contribution < -0.4 is 15.0 Å². The molecule has 0 aliphatic carbocycles. The topological polar surface area (TPSA) is 50.8 Å². The van der Waals surface area contributed by atoms with Gasteiger partial charge in [0.25, 0.3) is 0 Å². The molecular formula is C36H36N2O3. The second-order valence-corrected chi connectivity index (χ2v) is 12.2. The Hall–Kier alpha value is -4.25. The van der Waals surface area contributed by atoms with Crippen LogP contribution in [0.5, 0.6) is 11.5 Å². The van der Waals surface area contributed by atoms with Crippen molar-refractivity contribution in [3.63, 3.8) is 0 Å². The first-order chi connectivity index (χ1) is 19.8. The minimum absolute atomic E-state index is 0.316. The molecule has 0 amide bonds. The zero-order chi connectivity index (χ0) is 28.5. The van der Waals surface area contributed by atoms with E-state index in [0.29, 0.717) is 35.1 Å². The molecule has 3 heterocycles. The van der Waals surface area contributed by atoms with Gasteiger partial charge in [0, 0.05) is 52.4 Å². The summed E-state index contributed by atoms with van der Waals surface area (Å²) in [7, 11) is 0. The molecule has 3 aliphatic rings. The number of fused-ring (bicyclic) bond motifs is 6. The van der Waals surface area contributed by atoms with Crippen LogP contribution in [0, 0.1) is 24.7 Å². The van der Waals surface area contributed by atoms with Crippen LogP contribution >= 0.6 is 0 Å². The highest BCUT2D eigenvalue weighted by Crippen LogP contribution is 2.57. The van der Waals surface area contributed by atoms with E-state index >= 15 is 0 Å². The number of esters is 1. The third kappa shape index (κ3) is 3.86. The first-order valence-electron chi connectivity index (χ1n) is 14.7. The van der Waals surface area contributed by atoms with E-state index in [9.17, 15) is 4.79 Å². The van der Waals surface area contributed by atoms with E-state index in [1.165, 1.54) is 0 Å². The van der Waals surface area contributed by atoms with Gasteiger partial charge in [0.2, 0.25) is 0 Å². The van der Waals surface area contributed by atoms with Gasteiger partial charge in [0.05, 0.1) is 5.56 Å². The van der Waals surface area contributed by atoms with Gasteiger partial charge in [-0.2, -0.15) is 0 Å². The van der Waals surface area contributed by atoms with Crippen LogP contribution in [0.3, 0.4) is 0 Å². The number of carbonyl (C=O) groups excluding carboxylic acids is 1. The van der Waals surface area contributed by atoms with Crippen molar-refractivity contribution in [2.75, 3.05) is 16.8 Å². The summed E-state index contributed by atoms with van der Waals surface area (Å²) in [6, 6.07) is 28.8. The van der Waals surface area contributed by atoms with Crippen molar-refractivity contribution in [1.82, 2.24) is 0 Å². The van der Waals surface area contributed by atoms with Gasteiger partial charge in [0.1, 0.15) is 11.5 Å². The third-order valence-corrected chi connectivity index (χ3v) is 9.62. The molecule has 1 fully saturated rings. The first kappa shape index (κ1) is 25.7. The lowest BCUT2D eigenvalue weighted by atomic mass is 9.77. The van der Waals surface area contributed by atoms with Gasteiger partial charge in [-0.3, -0.25) is 0 Å². The number of aryl methyl sites for hydroxylation is 1. The van der Waals surface area contributed by atoms with Gasteiger partial charge in [0.15, 0.2) is 5.60 Å². The molecule has 208 valence electrons. The lowest BCUT2D eigenvalue weighted by Gasteiger charge is -2.38. The number of benzene rings is 4. The second-order valence-electron chi connectivity index (χ2n) is 12.2. The van der Waals surface area contributed by atoms with Gasteiger partial charge in [-0.05, 0) is 79.6 Å². The zero-order valence-corrected chi connectivity index (χ0v) is 24.3. The van der Waals surface area contributed by atoms with Gasteiger partial charge < -0.3 is 19.7 Å². The Labute approximate surface area is 242 Å². The number of para-hydroxylation sites is 1. The average Bonchev–Trinajstić information content (AvgIpc) is 3.44. The van der Waals surface area contributed by atoms with E-state index in [4.69, 9.17) is 9.47 Å². The lowest BCUT2D eigenvalue weighted by Crippen LogP contribution is -2.34. The fourth-order valence-electron chi connectivity index (χ4n) is 7.16. The fourth-order valence-corrected chi connectivity index (χ4v) is 7.16. The van der Waals surface area contributed by atoms with Gasteiger partial charge in [-0.25, -0.2) is 4.79 Å². The monoisotopic (exact) mass is 544 g/mol. The number of nitrogens with zero attached hydrogens (tertiary/aromatic N) is 1. The SMILES string of the molecule is Cc1cc2c(cc1Nc1ccccc1)C1(OC(=O)c3ccccc31)c1ccc(N3CC(C(C)C)C(C)C3C)cc1O2. The zero-order valence-electron chi connectivity index (χ0n) is 24.3. The molecule has 0 aromatic heterocycles. The number of hydrogen-bond donors (Lipinski definition) is 1. The molecule has 0 radical (unpaired) electrons. The normalized spacial score (nSPS) is 24.1. The van der Waals surface area contributed by atoms with E-state index in [1.807, 2.05) is 54.6 Å². The molecule has 1 saturated heterocycles. The summed E-state index contributed by atoms with van der Waals surface area (Å²) in [5.41, 5.74) is 6.13. The van der Waals surface area contributed by atoms with Crippen molar-refractivity contribution in [2.45, 2.75) is 46.3 Å². The van der Waals surface area contributed by atoms with Crippen LogP contribution in [0.25, 0.3) is 0 Å². The Balaban J connectivity index is 1.39. The molecule has 1 N–H and O–H groups in total. The number of carbonyl (C=O) groups is 1. The quantitative estimate of drug-likeness (QED) is 0.261. The molecule has 4 atom stereocenters. The molecule has 5 heteroatoms. The molecule has 3 aliphatic heterocycles. The van der Waals surface area contributed by atoms with E-state index in [2.05, 4.69) is 75.2 Å². The van der Waals surface area contributed by atoms with Crippen molar-refractivity contribution in [2.24, 2.45) is 17.8 Å². The predicted octanol–water partition coefficient (Wildman–Crippen LogP) is 8.42. The third-order valence-electron chi connectivity index (χ3n) is 9.62. The van der Waals surface area contributed by atoms with Crippen molar-refractivity contribution in [1.29, 1.82) is 0 Å². The smallest absolute Gasteiger partial charge is 0.340 e. The van der Waals surface area contributed by atoms with Gasteiger partial charge in [-0.1, -0.05) is 57.2 Å². The summed E-state index contributed by atoms with van der Waals surface area (Å²) in [6.45, 7) is 12.4. The largest absolute Gasteiger partial charge is 0.456 e. The standard InChI is InChI=1S/C36H36N2O3/c1-21(2)28-20-38(24(5)23(28)4)26-15-16-30-34(18-26)40-33-17-22(3)32(37-25-11-7-6-8-12-25)19-31(33)36(30)29-14-10-9-13-27(29)35(39)41-36/h6-19,21,23-24,28,37H,20H2,1-5H3. The van der Waals surface area contributed by atoms with Crippen LogP contribution in [0.1, 0.15) is 60.3 Å². The van der Waals surface area contributed by atoms with E-state index < -0.39 is 5.60 Å². The van der Waals surface area contributed by atoms with Crippen LogP contribution in [0.4, 0.5) is 17.1 Å². The maximum Gasteiger partial charge on any atom is 0.340 e. The predicted molar refractivity (Wildman–Crippen MR) is 163 cm³/mol. The summed E-state index contributed by atoms with van der Waals surface area (Å²) in [4.78, 5) is 15.9. The maximum absolute atomic E-state index is 13.4. The minimum atomic E-state index is -1.10. The number of hydrogen-bond acceptors (Lipinski definition) is 5. The van der Waals surface area contributed by atoms with Crippen molar-refractivity contribution < 1.29 is 14.3 Å². The summed E-state index contributed by atoms with van der Waals surface area (Å²) < 4.78 is 13.1. The number of anilines is 3. The molecule has 41 heavy (non-hydrogen) atoms. The molecule has 4 unspecified atom stereocenters. The average molecular weight is 545 g/mol. The first-order valence-corrected chi connectivity index (χ1v) is 14.7. The molecular weight excluding hydrogens is 508 g/mol. The molecule has 7 rings (SSSR count). The van der Waals surface area contributed by atoms with Crippen molar-refractivity contribution in [3.05, 3.63) is 113 Å². The highest BCUT2D eigenvalue weighted by Gasteiger charge is 2.54. The van der Waals surface area contributed by atoms with Crippen molar-refractivity contribution in [3.8, 4) is 11.5 Å². The summed E-state index contributed by atoms with van der Waals surface area (Å²) >= 11 is 0. The van der Waals surface area contributed by atoms with E-state index in [-0.39, 0.29) is 5.97 Å². The Morgan fingerprint density at radius 2 is 1.61 bits per heavy atom. The Morgan fingerprint density at radius 3 is 2.37 bits per heavy atom. The Morgan fingerprint density at radius 1 is 0.878 bits per heavy atom. The molecule has 4 aromatic rings. The highest BCUT2D eigenvalue weighted by atomic mass is 16.6. The summed E-state index contributed by atoms with van der Waals surface area (Å²) in [5.74, 6) is 2.98. The van der Waals surface area contributed by atoms with Crippen LogP contribution in [0.15, 0.2) is 84.9 Å². The van der Waals surface area contributed by atoms with Gasteiger partial charge >= 0.3 is 5.97 Å².